The van der Waals surface area contributed by atoms with Crippen LogP contribution in [0.2, 0.25) is 0 Å². The van der Waals surface area contributed by atoms with E-state index in [9.17, 15) is 34.5 Å². The standard InChI is InChI=1S/C28H46N14O8/c29-21-17-22(38-12-37-21)42(13-39-17)25-19(45)18(44)20(50-25)24(47)34-9-3-1-2-8-16(43)40-14(6-4-10-35-27(30)31)23(46)41-15(26(48)49)7-5-11-36-28(32)33/h12-15,18-20,25,44-45H,1-11H2,(H,34,47)(H,40,43)(H,41,46)(H,48,49)(H2,29,37,38)(H4,30,31,35)(H4,32,33,36)/t14-,15-,18+,19-,20+,25?/m1/s1. The maximum Gasteiger partial charge on any atom is 0.326 e. The molecule has 50 heavy (non-hydrogen) atoms. The van der Waals surface area contributed by atoms with Gasteiger partial charge in [0.1, 0.15) is 36.1 Å². The number of hydrogen-bond donors (Lipinski definition) is 11. The van der Waals surface area contributed by atoms with Gasteiger partial charge in [-0.05, 0) is 38.5 Å². The Balaban J connectivity index is 1.44. The van der Waals surface area contributed by atoms with Gasteiger partial charge in [-0.3, -0.25) is 28.9 Å². The molecule has 1 unspecified atom stereocenters. The maximum atomic E-state index is 13.0. The molecule has 0 aromatic carbocycles. The van der Waals surface area contributed by atoms with Crippen LogP contribution in [0.1, 0.15) is 57.6 Å². The van der Waals surface area contributed by atoms with Crippen molar-refractivity contribution in [1.82, 2.24) is 35.5 Å². The number of fused-ring (bicyclic) bond motifs is 1. The number of carbonyl (C=O) groups excluding carboxylic acids is 3. The molecule has 6 atom stereocenters. The number of unbranched alkanes of at least 4 members (excludes halogenated alkanes) is 2. The lowest BCUT2D eigenvalue weighted by Crippen LogP contribution is -2.51. The third kappa shape index (κ3) is 11.4. The van der Waals surface area contributed by atoms with Crippen LogP contribution in [0.4, 0.5) is 5.82 Å². The predicted octanol–water partition coefficient (Wildman–Crippen LogP) is -4.13. The predicted molar refractivity (Wildman–Crippen MR) is 178 cm³/mol. The van der Waals surface area contributed by atoms with Crippen molar-refractivity contribution in [3.05, 3.63) is 12.7 Å². The first-order chi connectivity index (χ1) is 23.8. The Labute approximate surface area is 286 Å². The first-order valence-corrected chi connectivity index (χ1v) is 16.0. The summed E-state index contributed by atoms with van der Waals surface area (Å²) in [7, 11) is 0. The minimum atomic E-state index is -1.53. The number of nitrogen functional groups attached to an aromatic ring is 1. The van der Waals surface area contributed by atoms with E-state index in [2.05, 4.69) is 40.9 Å². The number of hydrogen-bond acceptors (Lipinski definition) is 13. The molecule has 3 amide bonds. The van der Waals surface area contributed by atoms with E-state index in [-0.39, 0.29) is 67.8 Å². The Kier molecular flexibility index (Phi) is 14.9. The van der Waals surface area contributed by atoms with Gasteiger partial charge in [0.15, 0.2) is 35.7 Å². The number of guanidine groups is 2. The molecule has 16 N–H and O–H groups in total. The van der Waals surface area contributed by atoms with E-state index >= 15 is 0 Å². The van der Waals surface area contributed by atoms with Crippen LogP contribution in [0.3, 0.4) is 0 Å². The second kappa shape index (κ2) is 19.0. The van der Waals surface area contributed by atoms with Gasteiger partial charge in [-0.15, -0.1) is 0 Å². The lowest BCUT2D eigenvalue weighted by atomic mass is 10.1. The van der Waals surface area contributed by atoms with Gasteiger partial charge in [0, 0.05) is 26.1 Å². The van der Waals surface area contributed by atoms with E-state index < -0.39 is 60.3 Å². The molecule has 276 valence electrons. The number of carboxylic acid groups (broad SMARTS) is 1. The van der Waals surface area contributed by atoms with Gasteiger partial charge in [-0.25, -0.2) is 19.7 Å². The first-order valence-electron chi connectivity index (χ1n) is 16.0. The number of aliphatic hydroxyl groups excluding tert-OH is 2. The SMILES string of the molecule is NC(N)=NCCC[C@@H](NC(=O)[C@@H](CCCN=C(N)N)NC(=O)CCCCCNC(=O)[C@H]1OC(n2cnc3c(N)ncnc32)[C@H](O)[C@@H]1O)C(=O)O. The number of aliphatic carboxylic acids is 1. The van der Waals surface area contributed by atoms with Gasteiger partial charge < -0.3 is 64.7 Å². The molecular formula is C28H46N14O8. The second-order valence-electron chi connectivity index (χ2n) is 11.5. The molecule has 22 nitrogen and oxygen atoms in total. The van der Waals surface area contributed by atoms with Crippen LogP contribution in [0.5, 0.6) is 0 Å². The highest BCUT2D eigenvalue weighted by Crippen LogP contribution is 2.32. The quantitative estimate of drug-likeness (QED) is 0.0354. The topological polar surface area (TPSA) is 373 Å². The largest absolute Gasteiger partial charge is 0.480 e. The van der Waals surface area contributed by atoms with Crippen LogP contribution in [0, 0.1) is 0 Å². The van der Waals surface area contributed by atoms with E-state index in [0.717, 1.165) is 0 Å². The molecule has 1 aliphatic heterocycles. The van der Waals surface area contributed by atoms with Crippen molar-refractivity contribution in [2.24, 2.45) is 32.9 Å². The Hall–Kier alpha value is -5.35. The zero-order valence-electron chi connectivity index (χ0n) is 27.3. The summed E-state index contributed by atoms with van der Waals surface area (Å²) >= 11 is 0. The average molecular weight is 707 g/mol. The lowest BCUT2D eigenvalue weighted by molar-refractivity contribution is -0.142. The van der Waals surface area contributed by atoms with Crippen LogP contribution < -0.4 is 44.6 Å². The Morgan fingerprint density at radius 3 is 2.18 bits per heavy atom. The lowest BCUT2D eigenvalue weighted by Gasteiger charge is -2.21. The monoisotopic (exact) mass is 706 g/mol. The highest BCUT2D eigenvalue weighted by Gasteiger charge is 2.47. The van der Waals surface area contributed by atoms with Crippen molar-refractivity contribution in [3.63, 3.8) is 0 Å². The van der Waals surface area contributed by atoms with Crippen LogP contribution in [-0.2, 0) is 23.9 Å². The highest BCUT2D eigenvalue weighted by molar-refractivity contribution is 5.90. The smallest absolute Gasteiger partial charge is 0.326 e. The first kappa shape index (κ1) is 39.1. The number of rotatable bonds is 20. The molecule has 2 aromatic rings. The van der Waals surface area contributed by atoms with Gasteiger partial charge in [0.25, 0.3) is 5.91 Å². The molecule has 2 aromatic heterocycles. The fourth-order valence-electron chi connectivity index (χ4n) is 5.13. The zero-order valence-corrected chi connectivity index (χ0v) is 27.3. The van der Waals surface area contributed by atoms with E-state index in [1.807, 2.05) is 0 Å². The Morgan fingerprint density at radius 1 is 0.880 bits per heavy atom. The average Bonchev–Trinajstić information content (AvgIpc) is 3.62. The number of nitrogens with two attached hydrogens (primary N) is 5. The van der Waals surface area contributed by atoms with Crippen molar-refractivity contribution in [2.45, 2.75) is 88.0 Å². The number of anilines is 1. The number of aromatic nitrogens is 4. The molecule has 1 aliphatic rings. The van der Waals surface area contributed by atoms with Crippen molar-refractivity contribution in [1.29, 1.82) is 0 Å². The molecule has 3 heterocycles. The zero-order chi connectivity index (χ0) is 36.8. The van der Waals surface area contributed by atoms with Crippen molar-refractivity contribution in [3.8, 4) is 0 Å². The summed E-state index contributed by atoms with van der Waals surface area (Å²) in [5.41, 5.74) is 27.6. The fraction of sp³-hybridized carbons (Fsp3) is 0.607. The van der Waals surface area contributed by atoms with Crippen LogP contribution >= 0.6 is 0 Å². The molecule has 0 aliphatic carbocycles. The number of aliphatic imine (C=N–C) groups is 2. The number of imidazole rings is 1. The van der Waals surface area contributed by atoms with E-state index in [0.29, 0.717) is 32.1 Å². The van der Waals surface area contributed by atoms with Crippen LogP contribution in [-0.4, -0.2) is 120 Å². The summed E-state index contributed by atoms with van der Waals surface area (Å²) in [6, 6.07) is -2.27. The van der Waals surface area contributed by atoms with E-state index in [1.165, 1.54) is 17.2 Å². The summed E-state index contributed by atoms with van der Waals surface area (Å²) in [5.74, 6) is -3.14. The van der Waals surface area contributed by atoms with Crippen molar-refractivity contribution < 1.29 is 39.2 Å². The molecule has 1 saturated heterocycles. The molecule has 0 bridgehead atoms. The Bertz CT molecular complexity index is 1530. The third-order valence-corrected chi connectivity index (χ3v) is 7.69. The number of amides is 3. The number of carboxylic acids is 1. The maximum absolute atomic E-state index is 13.0. The minimum Gasteiger partial charge on any atom is -0.480 e. The van der Waals surface area contributed by atoms with Gasteiger partial charge in [-0.1, -0.05) is 6.42 Å². The number of ether oxygens (including phenoxy) is 1. The van der Waals surface area contributed by atoms with Crippen molar-refractivity contribution in [2.75, 3.05) is 25.4 Å². The minimum absolute atomic E-state index is 0.0533. The van der Waals surface area contributed by atoms with Gasteiger partial charge in [-0.2, -0.15) is 0 Å². The molecule has 0 radical (unpaired) electrons. The summed E-state index contributed by atoms with van der Waals surface area (Å²) in [6.45, 7) is 0.573. The second-order valence-corrected chi connectivity index (χ2v) is 11.5. The molecule has 0 spiro atoms. The Morgan fingerprint density at radius 2 is 1.54 bits per heavy atom. The van der Waals surface area contributed by atoms with Gasteiger partial charge in [0.05, 0.1) is 6.33 Å². The number of nitrogens with one attached hydrogen (secondary N) is 3. The van der Waals surface area contributed by atoms with Crippen LogP contribution in [0.25, 0.3) is 11.2 Å². The molecule has 3 rings (SSSR count). The number of carbonyl (C=O) groups is 4. The summed E-state index contributed by atoms with van der Waals surface area (Å²) in [4.78, 5) is 70.0. The van der Waals surface area contributed by atoms with E-state index in [1.54, 1.807) is 0 Å². The fourth-order valence-corrected chi connectivity index (χ4v) is 5.13. The highest BCUT2D eigenvalue weighted by atomic mass is 16.6. The summed E-state index contributed by atoms with van der Waals surface area (Å²) < 4.78 is 7.04. The normalized spacial score (nSPS) is 19.6. The number of aliphatic hydroxyl groups is 2. The molecule has 0 saturated carbocycles. The molecular weight excluding hydrogens is 660 g/mol. The molecule has 1 fully saturated rings. The van der Waals surface area contributed by atoms with Crippen LogP contribution in [0.15, 0.2) is 22.6 Å². The van der Waals surface area contributed by atoms with Gasteiger partial charge >= 0.3 is 5.97 Å². The summed E-state index contributed by atoms with van der Waals surface area (Å²) in [6.07, 6.45) is -0.687. The van der Waals surface area contributed by atoms with Gasteiger partial charge in [0.2, 0.25) is 11.8 Å². The third-order valence-electron chi connectivity index (χ3n) is 7.69. The van der Waals surface area contributed by atoms with Crippen molar-refractivity contribution >= 4 is 52.6 Å². The number of nitrogens with zero attached hydrogens (tertiary/aromatic N) is 6. The molecule has 22 heteroatoms. The van der Waals surface area contributed by atoms with E-state index in [4.69, 9.17) is 33.4 Å². The summed E-state index contributed by atoms with van der Waals surface area (Å²) in [5, 5.41) is 38.4.